The van der Waals surface area contributed by atoms with Crippen molar-refractivity contribution in [1.82, 2.24) is 19.8 Å². The molecule has 0 N–H and O–H groups in total. The molecule has 1 fully saturated rings. The third-order valence-corrected chi connectivity index (χ3v) is 4.67. The molecule has 0 bridgehead atoms. The molecule has 4 rings (SSSR count). The van der Waals surface area contributed by atoms with E-state index in [1.54, 1.807) is 12.4 Å². The Morgan fingerprint density at radius 3 is 2.60 bits per heavy atom. The first-order valence-electron chi connectivity index (χ1n) is 8.55. The highest BCUT2D eigenvalue weighted by Crippen LogP contribution is 2.19. The second kappa shape index (κ2) is 6.99. The number of hydrogen-bond acceptors (Lipinski definition) is 4. The molecule has 0 saturated carbocycles. The van der Waals surface area contributed by atoms with Crippen molar-refractivity contribution in [3.05, 3.63) is 72.2 Å². The molecule has 0 aliphatic carbocycles. The van der Waals surface area contributed by atoms with Gasteiger partial charge in [0.2, 0.25) is 0 Å². The van der Waals surface area contributed by atoms with Gasteiger partial charge in [0.1, 0.15) is 0 Å². The van der Waals surface area contributed by atoms with E-state index in [9.17, 15) is 4.79 Å². The van der Waals surface area contributed by atoms with Gasteiger partial charge in [0.05, 0.1) is 11.1 Å². The Kier molecular flexibility index (Phi) is 4.39. The number of nitrogens with zero attached hydrogens (tertiary/aromatic N) is 4. The number of carbonyl (C=O) groups excluding carboxylic acids is 1. The zero-order valence-electron chi connectivity index (χ0n) is 14.0. The number of hydrogen-bond donors (Lipinski definition) is 0. The minimum atomic E-state index is 0.0969. The molecule has 1 aromatic carbocycles. The molecule has 126 valence electrons. The van der Waals surface area contributed by atoms with Crippen LogP contribution in [0.1, 0.15) is 15.9 Å². The van der Waals surface area contributed by atoms with Crippen molar-refractivity contribution in [3.63, 3.8) is 0 Å². The minimum Gasteiger partial charge on any atom is -0.336 e. The van der Waals surface area contributed by atoms with Gasteiger partial charge in [-0.1, -0.05) is 24.3 Å². The fourth-order valence-corrected chi connectivity index (χ4v) is 3.31. The Labute approximate surface area is 146 Å². The van der Waals surface area contributed by atoms with Crippen molar-refractivity contribution < 1.29 is 4.79 Å². The van der Waals surface area contributed by atoms with E-state index >= 15 is 0 Å². The fourth-order valence-electron chi connectivity index (χ4n) is 3.31. The monoisotopic (exact) mass is 332 g/mol. The van der Waals surface area contributed by atoms with Gasteiger partial charge in [-0.2, -0.15) is 0 Å². The van der Waals surface area contributed by atoms with Crippen molar-refractivity contribution in [2.75, 3.05) is 26.2 Å². The Hall–Kier alpha value is -2.79. The topological polar surface area (TPSA) is 49.3 Å². The Morgan fingerprint density at radius 2 is 1.80 bits per heavy atom. The molecule has 1 aliphatic rings. The number of amides is 1. The van der Waals surface area contributed by atoms with E-state index in [4.69, 9.17) is 0 Å². The van der Waals surface area contributed by atoms with Crippen LogP contribution in [0.25, 0.3) is 10.9 Å². The van der Waals surface area contributed by atoms with Gasteiger partial charge < -0.3 is 4.90 Å². The number of para-hydroxylation sites is 1. The number of fused-ring (bicyclic) bond motifs is 1. The van der Waals surface area contributed by atoms with Crippen molar-refractivity contribution in [2.24, 2.45) is 0 Å². The Bertz CT molecular complexity index is 868. The largest absolute Gasteiger partial charge is 0.336 e. The quantitative estimate of drug-likeness (QED) is 0.740. The standard InChI is InChI=1S/C20H20N4O/c25-20(18-7-9-22-19-6-2-1-5-17(18)19)24-12-10-23(11-13-24)15-16-4-3-8-21-14-16/h1-9,14H,10-13,15H2. The summed E-state index contributed by atoms with van der Waals surface area (Å²) in [6, 6.07) is 13.7. The van der Waals surface area contributed by atoms with Gasteiger partial charge in [-0.3, -0.25) is 19.7 Å². The van der Waals surface area contributed by atoms with Crippen molar-refractivity contribution in [3.8, 4) is 0 Å². The lowest BCUT2D eigenvalue weighted by Crippen LogP contribution is -2.48. The predicted octanol–water partition coefficient (Wildman–Crippen LogP) is 2.59. The van der Waals surface area contributed by atoms with Crippen LogP contribution in [0.4, 0.5) is 0 Å². The Balaban J connectivity index is 1.44. The van der Waals surface area contributed by atoms with Crippen molar-refractivity contribution in [1.29, 1.82) is 0 Å². The van der Waals surface area contributed by atoms with Crippen LogP contribution < -0.4 is 0 Å². The summed E-state index contributed by atoms with van der Waals surface area (Å²) in [6.45, 7) is 4.13. The second-order valence-electron chi connectivity index (χ2n) is 6.31. The fraction of sp³-hybridized carbons (Fsp3) is 0.250. The zero-order valence-corrected chi connectivity index (χ0v) is 14.0. The van der Waals surface area contributed by atoms with Gasteiger partial charge in [-0.05, 0) is 23.8 Å². The van der Waals surface area contributed by atoms with Crippen LogP contribution in [-0.2, 0) is 6.54 Å². The molecule has 25 heavy (non-hydrogen) atoms. The number of benzene rings is 1. The summed E-state index contributed by atoms with van der Waals surface area (Å²) in [4.78, 5) is 25.8. The Morgan fingerprint density at radius 1 is 0.960 bits per heavy atom. The smallest absolute Gasteiger partial charge is 0.254 e. The molecule has 1 saturated heterocycles. The van der Waals surface area contributed by atoms with E-state index in [-0.39, 0.29) is 5.91 Å². The second-order valence-corrected chi connectivity index (χ2v) is 6.31. The summed E-state index contributed by atoms with van der Waals surface area (Å²) >= 11 is 0. The number of pyridine rings is 2. The van der Waals surface area contributed by atoms with Crippen LogP contribution in [0.3, 0.4) is 0 Å². The highest BCUT2D eigenvalue weighted by Gasteiger charge is 2.23. The van der Waals surface area contributed by atoms with Gasteiger partial charge in [0, 0.05) is 56.7 Å². The van der Waals surface area contributed by atoms with E-state index in [0.29, 0.717) is 0 Å². The molecule has 1 amide bonds. The van der Waals surface area contributed by atoms with Gasteiger partial charge in [0.25, 0.3) is 5.91 Å². The van der Waals surface area contributed by atoms with E-state index in [1.807, 2.05) is 47.5 Å². The SMILES string of the molecule is O=C(c1ccnc2ccccc12)N1CCN(Cc2cccnc2)CC1. The average molecular weight is 332 g/mol. The molecule has 5 nitrogen and oxygen atoms in total. The predicted molar refractivity (Wildman–Crippen MR) is 97.2 cm³/mol. The lowest BCUT2D eigenvalue weighted by Gasteiger charge is -2.34. The van der Waals surface area contributed by atoms with Gasteiger partial charge in [-0.25, -0.2) is 0 Å². The highest BCUT2D eigenvalue weighted by molar-refractivity contribution is 6.06. The highest BCUT2D eigenvalue weighted by atomic mass is 16.2. The first-order chi connectivity index (χ1) is 12.3. The third kappa shape index (κ3) is 3.37. The lowest BCUT2D eigenvalue weighted by molar-refractivity contribution is 0.0630. The maximum absolute atomic E-state index is 12.9. The lowest BCUT2D eigenvalue weighted by atomic mass is 10.1. The summed E-state index contributed by atoms with van der Waals surface area (Å²) < 4.78 is 0. The minimum absolute atomic E-state index is 0.0969. The molecule has 0 atom stereocenters. The maximum Gasteiger partial charge on any atom is 0.254 e. The van der Waals surface area contributed by atoms with Crippen LogP contribution in [0.5, 0.6) is 0 Å². The van der Waals surface area contributed by atoms with Crippen LogP contribution in [0.15, 0.2) is 61.1 Å². The van der Waals surface area contributed by atoms with Gasteiger partial charge in [-0.15, -0.1) is 0 Å². The molecule has 0 spiro atoms. The summed E-state index contributed by atoms with van der Waals surface area (Å²) in [5.41, 5.74) is 2.82. The van der Waals surface area contributed by atoms with E-state index < -0.39 is 0 Å². The molecular formula is C20H20N4O. The number of carbonyl (C=O) groups is 1. The zero-order chi connectivity index (χ0) is 17.1. The summed E-state index contributed by atoms with van der Waals surface area (Å²) in [5.74, 6) is 0.0969. The van der Waals surface area contributed by atoms with Crippen LogP contribution in [-0.4, -0.2) is 51.9 Å². The first-order valence-corrected chi connectivity index (χ1v) is 8.55. The third-order valence-electron chi connectivity index (χ3n) is 4.67. The summed E-state index contributed by atoms with van der Waals surface area (Å²) in [7, 11) is 0. The van der Waals surface area contributed by atoms with Crippen LogP contribution in [0.2, 0.25) is 0 Å². The molecule has 3 aromatic rings. The first kappa shape index (κ1) is 15.7. The molecule has 2 aromatic heterocycles. The van der Waals surface area contributed by atoms with Crippen LogP contribution >= 0.6 is 0 Å². The van der Waals surface area contributed by atoms with E-state index in [2.05, 4.69) is 20.9 Å². The number of piperazine rings is 1. The van der Waals surface area contributed by atoms with Gasteiger partial charge in [0.15, 0.2) is 0 Å². The summed E-state index contributed by atoms with van der Waals surface area (Å²) in [6.07, 6.45) is 5.41. The van der Waals surface area contributed by atoms with E-state index in [0.717, 1.165) is 49.2 Å². The number of aromatic nitrogens is 2. The van der Waals surface area contributed by atoms with E-state index in [1.165, 1.54) is 5.56 Å². The molecule has 1 aliphatic heterocycles. The normalized spacial score (nSPS) is 15.4. The molecule has 0 radical (unpaired) electrons. The molecule has 0 unspecified atom stereocenters. The maximum atomic E-state index is 12.9. The molecule has 5 heteroatoms. The molecule has 3 heterocycles. The molecular weight excluding hydrogens is 312 g/mol. The van der Waals surface area contributed by atoms with Crippen molar-refractivity contribution >= 4 is 16.8 Å². The van der Waals surface area contributed by atoms with Crippen molar-refractivity contribution in [2.45, 2.75) is 6.54 Å². The summed E-state index contributed by atoms with van der Waals surface area (Å²) in [5, 5.41) is 0.924. The average Bonchev–Trinajstić information content (AvgIpc) is 2.68. The van der Waals surface area contributed by atoms with Gasteiger partial charge >= 0.3 is 0 Å². The van der Waals surface area contributed by atoms with Crippen LogP contribution in [0, 0.1) is 0 Å². The number of rotatable bonds is 3.